The Morgan fingerprint density at radius 2 is 2.23 bits per heavy atom. The molecule has 0 saturated carbocycles. The third-order valence-corrected chi connectivity index (χ3v) is 1.80. The van der Waals surface area contributed by atoms with Crippen molar-refractivity contribution in [2.75, 3.05) is 6.54 Å². The van der Waals surface area contributed by atoms with Gasteiger partial charge in [0, 0.05) is 12.6 Å². The van der Waals surface area contributed by atoms with Crippen LogP contribution in [0.3, 0.4) is 0 Å². The average molecular weight is 180 g/mol. The fourth-order valence-corrected chi connectivity index (χ4v) is 1.21. The van der Waals surface area contributed by atoms with E-state index in [2.05, 4.69) is 10.2 Å². The van der Waals surface area contributed by atoms with Crippen LogP contribution in [0.2, 0.25) is 0 Å². The van der Waals surface area contributed by atoms with Gasteiger partial charge in [-0.05, 0) is 18.7 Å². The number of aromatic nitrogens is 3. The molecule has 0 aliphatic carbocycles. The van der Waals surface area contributed by atoms with E-state index < -0.39 is 0 Å². The van der Waals surface area contributed by atoms with Crippen molar-refractivity contribution in [2.24, 2.45) is 5.73 Å². The van der Waals surface area contributed by atoms with E-state index in [1.54, 1.807) is 10.5 Å². The molecular formula is C8H9FN4. The van der Waals surface area contributed by atoms with Crippen molar-refractivity contribution in [1.82, 2.24) is 14.6 Å². The summed E-state index contributed by atoms with van der Waals surface area (Å²) in [6.45, 7) is 0.483. The lowest BCUT2D eigenvalue weighted by Crippen LogP contribution is -2.06. The van der Waals surface area contributed by atoms with Gasteiger partial charge in [0.1, 0.15) is 11.6 Å². The second kappa shape index (κ2) is 3.10. The lowest BCUT2D eigenvalue weighted by Gasteiger charge is -1.96. The minimum atomic E-state index is -0.300. The molecule has 2 heterocycles. The van der Waals surface area contributed by atoms with Gasteiger partial charge in [0.05, 0.1) is 0 Å². The molecule has 68 valence electrons. The van der Waals surface area contributed by atoms with Gasteiger partial charge in [0.25, 0.3) is 0 Å². The van der Waals surface area contributed by atoms with Crippen LogP contribution in [0.15, 0.2) is 18.3 Å². The van der Waals surface area contributed by atoms with Gasteiger partial charge < -0.3 is 5.73 Å². The Labute approximate surface area is 74.2 Å². The summed E-state index contributed by atoms with van der Waals surface area (Å²) in [5, 5.41) is 7.76. The van der Waals surface area contributed by atoms with Crippen LogP contribution in [0.4, 0.5) is 4.39 Å². The van der Waals surface area contributed by atoms with E-state index >= 15 is 0 Å². The standard InChI is InChI=1S/C8H9FN4/c9-6-1-2-7-11-12-8(3-4-10)13(7)5-6/h1-2,5H,3-4,10H2. The molecule has 2 aromatic heterocycles. The van der Waals surface area contributed by atoms with E-state index in [1.807, 2.05) is 0 Å². The van der Waals surface area contributed by atoms with Crippen LogP contribution in [-0.4, -0.2) is 21.1 Å². The first-order chi connectivity index (χ1) is 6.31. The lowest BCUT2D eigenvalue weighted by atomic mass is 10.4. The molecule has 0 aliphatic rings. The van der Waals surface area contributed by atoms with Crippen molar-refractivity contribution >= 4 is 5.65 Å². The summed E-state index contributed by atoms with van der Waals surface area (Å²) in [6, 6.07) is 2.94. The molecule has 5 heteroatoms. The average Bonchev–Trinajstić information content (AvgIpc) is 2.49. The van der Waals surface area contributed by atoms with Gasteiger partial charge in [-0.3, -0.25) is 4.40 Å². The van der Waals surface area contributed by atoms with Gasteiger partial charge in [-0.15, -0.1) is 10.2 Å². The first-order valence-electron chi connectivity index (χ1n) is 4.00. The Hall–Kier alpha value is -1.49. The van der Waals surface area contributed by atoms with E-state index in [0.29, 0.717) is 24.4 Å². The molecule has 0 bridgehead atoms. The summed E-state index contributed by atoms with van der Waals surface area (Å²) < 4.78 is 14.4. The fourth-order valence-electron chi connectivity index (χ4n) is 1.21. The Morgan fingerprint density at radius 3 is 3.00 bits per heavy atom. The van der Waals surface area contributed by atoms with Crippen LogP contribution in [0, 0.1) is 5.82 Å². The maximum Gasteiger partial charge on any atom is 0.160 e. The number of nitrogens with two attached hydrogens (primary N) is 1. The highest BCUT2D eigenvalue weighted by Crippen LogP contribution is 2.05. The Bertz CT molecular complexity index is 423. The third-order valence-electron chi connectivity index (χ3n) is 1.80. The summed E-state index contributed by atoms with van der Waals surface area (Å²) in [4.78, 5) is 0. The first-order valence-corrected chi connectivity index (χ1v) is 4.00. The molecule has 0 saturated heterocycles. The SMILES string of the molecule is NCCc1nnc2ccc(F)cn12. The molecule has 0 amide bonds. The van der Waals surface area contributed by atoms with Crippen LogP contribution in [-0.2, 0) is 6.42 Å². The minimum absolute atomic E-state index is 0.300. The quantitative estimate of drug-likeness (QED) is 0.726. The third kappa shape index (κ3) is 1.38. The molecule has 2 aromatic rings. The molecule has 2 N–H and O–H groups in total. The maximum absolute atomic E-state index is 12.8. The van der Waals surface area contributed by atoms with Crippen LogP contribution >= 0.6 is 0 Å². The van der Waals surface area contributed by atoms with Crippen LogP contribution < -0.4 is 5.73 Å². The summed E-state index contributed by atoms with van der Waals surface area (Å²) >= 11 is 0. The number of fused-ring (bicyclic) bond motifs is 1. The highest BCUT2D eigenvalue weighted by Gasteiger charge is 2.04. The van der Waals surface area contributed by atoms with Crippen molar-refractivity contribution in [3.05, 3.63) is 30.0 Å². The van der Waals surface area contributed by atoms with Crippen molar-refractivity contribution in [3.8, 4) is 0 Å². The predicted molar refractivity (Wildman–Crippen MR) is 45.7 cm³/mol. The van der Waals surface area contributed by atoms with E-state index in [1.165, 1.54) is 12.3 Å². The number of hydrogen-bond acceptors (Lipinski definition) is 3. The zero-order valence-electron chi connectivity index (χ0n) is 6.94. The first kappa shape index (κ1) is 8.12. The predicted octanol–water partition coefficient (Wildman–Crippen LogP) is 0.370. The van der Waals surface area contributed by atoms with Crippen molar-refractivity contribution in [1.29, 1.82) is 0 Å². The zero-order chi connectivity index (χ0) is 9.26. The molecule has 0 radical (unpaired) electrons. The second-order valence-electron chi connectivity index (χ2n) is 2.73. The van der Waals surface area contributed by atoms with Crippen LogP contribution in [0.25, 0.3) is 5.65 Å². The summed E-state index contributed by atoms with van der Waals surface area (Å²) in [7, 11) is 0. The fraction of sp³-hybridized carbons (Fsp3) is 0.250. The van der Waals surface area contributed by atoms with Gasteiger partial charge in [-0.1, -0.05) is 0 Å². The largest absolute Gasteiger partial charge is 0.330 e. The molecular weight excluding hydrogens is 171 g/mol. The molecule has 0 unspecified atom stereocenters. The highest BCUT2D eigenvalue weighted by atomic mass is 19.1. The van der Waals surface area contributed by atoms with Crippen molar-refractivity contribution in [3.63, 3.8) is 0 Å². The second-order valence-corrected chi connectivity index (χ2v) is 2.73. The van der Waals surface area contributed by atoms with Crippen LogP contribution in [0.1, 0.15) is 5.82 Å². The molecule has 13 heavy (non-hydrogen) atoms. The molecule has 0 spiro atoms. The van der Waals surface area contributed by atoms with Crippen molar-refractivity contribution < 1.29 is 4.39 Å². The maximum atomic E-state index is 12.8. The summed E-state index contributed by atoms with van der Waals surface area (Å²) in [5.74, 6) is 0.391. The topological polar surface area (TPSA) is 56.2 Å². The number of pyridine rings is 1. The van der Waals surface area contributed by atoms with E-state index in [9.17, 15) is 4.39 Å². The number of rotatable bonds is 2. The van der Waals surface area contributed by atoms with Crippen LogP contribution in [0.5, 0.6) is 0 Å². The number of halogens is 1. The number of nitrogens with zero attached hydrogens (tertiary/aromatic N) is 3. The Morgan fingerprint density at radius 1 is 1.38 bits per heavy atom. The zero-order valence-corrected chi connectivity index (χ0v) is 6.94. The Kier molecular flexibility index (Phi) is 1.94. The molecule has 4 nitrogen and oxygen atoms in total. The lowest BCUT2D eigenvalue weighted by molar-refractivity contribution is 0.617. The normalized spacial score (nSPS) is 10.9. The molecule has 0 fully saturated rings. The van der Waals surface area contributed by atoms with Gasteiger partial charge in [0.2, 0.25) is 0 Å². The van der Waals surface area contributed by atoms with Crippen molar-refractivity contribution in [2.45, 2.75) is 6.42 Å². The molecule has 0 aliphatic heterocycles. The van der Waals surface area contributed by atoms with Gasteiger partial charge in [-0.2, -0.15) is 0 Å². The van der Waals surface area contributed by atoms with E-state index in [0.717, 1.165) is 0 Å². The Balaban J connectivity index is 2.58. The molecule has 2 rings (SSSR count). The smallest absolute Gasteiger partial charge is 0.160 e. The minimum Gasteiger partial charge on any atom is -0.330 e. The van der Waals surface area contributed by atoms with Gasteiger partial charge in [-0.25, -0.2) is 4.39 Å². The molecule has 0 aromatic carbocycles. The van der Waals surface area contributed by atoms with Gasteiger partial charge >= 0.3 is 0 Å². The monoisotopic (exact) mass is 180 g/mol. The molecule has 0 atom stereocenters. The van der Waals surface area contributed by atoms with Gasteiger partial charge in [0.15, 0.2) is 5.65 Å². The van der Waals surface area contributed by atoms with E-state index in [4.69, 9.17) is 5.73 Å². The highest BCUT2D eigenvalue weighted by molar-refractivity contribution is 5.37. The number of hydrogen-bond donors (Lipinski definition) is 1. The van der Waals surface area contributed by atoms with E-state index in [-0.39, 0.29) is 5.82 Å². The summed E-state index contributed by atoms with van der Waals surface area (Å²) in [5.41, 5.74) is 6.02. The summed E-state index contributed by atoms with van der Waals surface area (Å²) in [6.07, 6.45) is 1.96.